The number of hydrogen-bond acceptors (Lipinski definition) is 2. The van der Waals surface area contributed by atoms with E-state index in [0.717, 1.165) is 0 Å². The van der Waals surface area contributed by atoms with Gasteiger partial charge in [-0.25, -0.2) is 0 Å². The van der Waals surface area contributed by atoms with Crippen LogP contribution in [0.2, 0.25) is 0 Å². The summed E-state index contributed by atoms with van der Waals surface area (Å²) in [6.07, 6.45) is 0. The number of hydrogen-bond donors (Lipinski definition) is 1. The quantitative estimate of drug-likeness (QED) is 0.487. The van der Waals surface area contributed by atoms with Gasteiger partial charge in [0.1, 0.15) is 0 Å². The molecule has 0 amide bonds. The average molecular weight is 202 g/mol. The van der Waals surface area contributed by atoms with Crippen LogP contribution in [0.4, 0.5) is 0 Å². The van der Waals surface area contributed by atoms with Crippen LogP contribution in [0.1, 0.15) is 0 Å². The van der Waals surface area contributed by atoms with E-state index in [1.54, 1.807) is 11.9 Å². The molecular formula is C6H5NSSe. The second-order valence-electron chi connectivity index (χ2n) is 1.73. The summed E-state index contributed by atoms with van der Waals surface area (Å²) in [5.41, 5.74) is 0. The maximum atomic E-state index is 3.27. The van der Waals surface area contributed by atoms with Crippen LogP contribution < -0.4 is 8.20 Å². The van der Waals surface area contributed by atoms with Crippen LogP contribution in [0.15, 0.2) is 29.2 Å². The van der Waals surface area contributed by atoms with Gasteiger partial charge in [-0.1, -0.05) is 0 Å². The van der Waals surface area contributed by atoms with Gasteiger partial charge in [0.25, 0.3) is 0 Å². The Bertz CT molecular complexity index is 203. The number of nitrogens with one attached hydrogen (secondary N) is 1. The monoisotopic (exact) mass is 203 g/mol. The molecule has 1 aliphatic heterocycles. The molecule has 1 aromatic rings. The van der Waals surface area contributed by atoms with Crippen LogP contribution in [-0.2, 0) is 0 Å². The van der Waals surface area contributed by atoms with E-state index >= 15 is 0 Å². The molecule has 0 saturated heterocycles. The van der Waals surface area contributed by atoms with Crippen LogP contribution in [0, 0.1) is 0 Å². The van der Waals surface area contributed by atoms with Crippen molar-refractivity contribution in [3.05, 3.63) is 24.3 Å². The van der Waals surface area contributed by atoms with Crippen molar-refractivity contribution in [3.63, 3.8) is 0 Å². The van der Waals surface area contributed by atoms with Gasteiger partial charge in [0.05, 0.1) is 0 Å². The molecule has 0 bridgehead atoms. The summed E-state index contributed by atoms with van der Waals surface area (Å²) in [4.78, 5) is 1.40. The van der Waals surface area contributed by atoms with Crippen LogP contribution >= 0.6 is 11.9 Å². The predicted molar refractivity (Wildman–Crippen MR) is 40.8 cm³/mol. The fraction of sp³-hybridized carbons (Fsp3) is 0. The van der Waals surface area contributed by atoms with Gasteiger partial charge in [0, 0.05) is 0 Å². The van der Waals surface area contributed by atoms with Crippen molar-refractivity contribution >= 4 is 31.6 Å². The van der Waals surface area contributed by atoms with Crippen LogP contribution in [0.3, 0.4) is 0 Å². The van der Waals surface area contributed by atoms with E-state index in [2.05, 4.69) is 28.0 Å². The molecule has 1 aromatic carbocycles. The molecule has 0 aliphatic carbocycles. The summed E-state index contributed by atoms with van der Waals surface area (Å²) in [5, 5.41) is 0. The zero-order chi connectivity index (χ0) is 6.10. The minimum atomic E-state index is 0.515. The molecule has 0 fully saturated rings. The van der Waals surface area contributed by atoms with E-state index < -0.39 is 0 Å². The Kier molecular flexibility index (Phi) is 1.52. The molecule has 0 saturated carbocycles. The van der Waals surface area contributed by atoms with E-state index in [4.69, 9.17) is 0 Å². The van der Waals surface area contributed by atoms with Crippen molar-refractivity contribution in [2.24, 2.45) is 0 Å². The number of benzene rings is 1. The fourth-order valence-electron chi connectivity index (χ4n) is 0.729. The van der Waals surface area contributed by atoms with Crippen molar-refractivity contribution in [2.75, 3.05) is 0 Å². The molecule has 0 spiro atoms. The molecule has 1 nitrogen and oxygen atoms in total. The molecule has 1 aliphatic rings. The van der Waals surface area contributed by atoms with Gasteiger partial charge < -0.3 is 0 Å². The molecule has 0 radical (unpaired) electrons. The van der Waals surface area contributed by atoms with E-state index in [1.807, 2.05) is 0 Å². The van der Waals surface area contributed by atoms with E-state index in [9.17, 15) is 0 Å². The third kappa shape index (κ3) is 1.01. The number of fused-ring (bicyclic) bond motifs is 1. The fourth-order valence-corrected chi connectivity index (χ4v) is 3.80. The Morgan fingerprint density at radius 1 is 1.33 bits per heavy atom. The Balaban J connectivity index is 2.54. The van der Waals surface area contributed by atoms with Gasteiger partial charge in [0.15, 0.2) is 0 Å². The van der Waals surface area contributed by atoms with Crippen LogP contribution in [0.25, 0.3) is 0 Å². The maximum absolute atomic E-state index is 3.27. The molecule has 1 heterocycles. The molecular weight excluding hydrogens is 197 g/mol. The normalized spacial score (nSPS) is 15.6. The van der Waals surface area contributed by atoms with Gasteiger partial charge in [-0.05, 0) is 0 Å². The van der Waals surface area contributed by atoms with Gasteiger partial charge in [-0.3, -0.25) is 0 Å². The van der Waals surface area contributed by atoms with E-state index in [1.165, 1.54) is 9.36 Å². The Labute approximate surface area is 64.7 Å². The van der Waals surface area contributed by atoms with E-state index in [-0.39, 0.29) is 0 Å². The molecule has 0 aromatic heterocycles. The van der Waals surface area contributed by atoms with Crippen molar-refractivity contribution in [1.29, 1.82) is 0 Å². The van der Waals surface area contributed by atoms with Crippen LogP contribution in [0.5, 0.6) is 0 Å². The first-order valence-corrected chi connectivity index (χ1v) is 5.17. The van der Waals surface area contributed by atoms with Gasteiger partial charge in [0.2, 0.25) is 0 Å². The predicted octanol–water partition coefficient (Wildman–Crippen LogP) is 0.541. The molecule has 9 heavy (non-hydrogen) atoms. The molecule has 0 atom stereocenters. The Morgan fingerprint density at radius 3 is 3.11 bits per heavy atom. The SMILES string of the molecule is c1ccc2c(c1)SN[Se]2. The summed E-state index contributed by atoms with van der Waals surface area (Å²) in [7, 11) is 0. The van der Waals surface area contributed by atoms with Crippen molar-refractivity contribution in [3.8, 4) is 0 Å². The molecule has 3 heteroatoms. The third-order valence-electron chi connectivity index (χ3n) is 1.15. The van der Waals surface area contributed by atoms with Crippen molar-refractivity contribution < 1.29 is 0 Å². The standard InChI is InChI=1S/C6H5NSSe/c1-2-4-6-5(3-1)8-7-9-6/h1-4,7H. The summed E-state index contributed by atoms with van der Waals surface area (Å²) < 4.78 is 4.75. The first-order chi connectivity index (χ1) is 4.47. The zero-order valence-electron chi connectivity index (χ0n) is 4.63. The summed E-state index contributed by atoms with van der Waals surface area (Å²) in [6, 6.07) is 8.51. The summed E-state index contributed by atoms with van der Waals surface area (Å²) in [6.45, 7) is 0. The summed E-state index contributed by atoms with van der Waals surface area (Å²) in [5.74, 6) is 0. The third-order valence-corrected chi connectivity index (χ3v) is 4.44. The van der Waals surface area contributed by atoms with Crippen LogP contribution in [-0.4, -0.2) is 15.2 Å². The van der Waals surface area contributed by atoms with Gasteiger partial charge in [-0.15, -0.1) is 0 Å². The second kappa shape index (κ2) is 2.35. The molecule has 46 valence electrons. The number of rotatable bonds is 0. The van der Waals surface area contributed by atoms with Gasteiger partial charge >= 0.3 is 64.5 Å². The molecule has 0 unspecified atom stereocenters. The topological polar surface area (TPSA) is 12.0 Å². The Morgan fingerprint density at radius 2 is 2.22 bits per heavy atom. The zero-order valence-corrected chi connectivity index (χ0v) is 7.16. The average Bonchev–Trinajstić information content (AvgIpc) is 2.33. The minimum absolute atomic E-state index is 0.515. The molecule has 2 rings (SSSR count). The van der Waals surface area contributed by atoms with Crippen molar-refractivity contribution in [2.45, 2.75) is 4.90 Å². The second-order valence-corrected chi connectivity index (χ2v) is 4.94. The van der Waals surface area contributed by atoms with Crippen molar-refractivity contribution in [1.82, 2.24) is 3.74 Å². The molecule has 1 N–H and O–H groups in total. The van der Waals surface area contributed by atoms with Gasteiger partial charge in [-0.2, -0.15) is 0 Å². The van der Waals surface area contributed by atoms with E-state index in [0.29, 0.717) is 15.2 Å². The summed E-state index contributed by atoms with van der Waals surface area (Å²) >= 11 is 2.26. The Hall–Kier alpha value is 0.0495. The first-order valence-electron chi connectivity index (χ1n) is 2.64. The first kappa shape index (κ1) is 5.81.